The lowest BCUT2D eigenvalue weighted by Crippen LogP contribution is -2.40. The third-order valence-electron chi connectivity index (χ3n) is 4.68. The molecule has 2 aliphatic heterocycles. The van der Waals surface area contributed by atoms with E-state index in [4.69, 9.17) is 9.02 Å². The molecule has 0 aromatic rings. The lowest BCUT2D eigenvalue weighted by atomic mass is 9.94. The molecule has 0 aliphatic carbocycles. The quantitative estimate of drug-likeness (QED) is 0.429. The van der Waals surface area contributed by atoms with Crippen LogP contribution < -0.4 is 0 Å². The van der Waals surface area contributed by atoms with Gasteiger partial charge in [0.15, 0.2) is 0 Å². The molecule has 2 bridgehead atoms. The standard InChI is InChI=1S/C16H31NO4S/c1-3-4-5-6-7-8-9-10-14-11-16-12-15(17(14)21-16)13-20-22(2,18)19/h14-16H,3-13H2,1-2H3/t14-,15-,16+/m0/s1. The Morgan fingerprint density at radius 2 is 1.68 bits per heavy atom. The predicted octanol–water partition coefficient (Wildman–Crippen LogP) is 3.25. The van der Waals surface area contributed by atoms with Crippen LogP contribution >= 0.6 is 0 Å². The normalized spacial score (nSPS) is 31.0. The second-order valence-electron chi connectivity index (χ2n) is 6.76. The highest BCUT2D eigenvalue weighted by Gasteiger charge is 2.45. The summed E-state index contributed by atoms with van der Waals surface area (Å²) in [5.41, 5.74) is 0. The van der Waals surface area contributed by atoms with E-state index < -0.39 is 10.1 Å². The molecule has 0 saturated carbocycles. The Kier molecular flexibility index (Phi) is 7.12. The van der Waals surface area contributed by atoms with Crippen molar-refractivity contribution in [2.45, 2.75) is 89.3 Å². The van der Waals surface area contributed by atoms with Gasteiger partial charge in [0.25, 0.3) is 10.1 Å². The SMILES string of the molecule is CCCCCCCCC[C@H]1C[C@@H]2C[C@@H](COS(C)(=O)=O)N1O2. The lowest BCUT2D eigenvalue weighted by molar-refractivity contribution is -0.139. The van der Waals surface area contributed by atoms with Crippen LogP contribution in [0.1, 0.15) is 71.1 Å². The van der Waals surface area contributed by atoms with E-state index in [0.29, 0.717) is 6.04 Å². The minimum atomic E-state index is -3.36. The summed E-state index contributed by atoms with van der Waals surface area (Å²) in [7, 11) is -3.36. The van der Waals surface area contributed by atoms with Gasteiger partial charge in [-0.2, -0.15) is 13.5 Å². The van der Waals surface area contributed by atoms with Crippen LogP contribution in [0, 0.1) is 0 Å². The van der Waals surface area contributed by atoms with Crippen molar-refractivity contribution in [3.63, 3.8) is 0 Å². The van der Waals surface area contributed by atoms with Gasteiger partial charge in [-0.3, -0.25) is 9.02 Å². The fourth-order valence-corrected chi connectivity index (χ4v) is 3.97. The van der Waals surface area contributed by atoms with Crippen LogP contribution in [0.15, 0.2) is 0 Å². The third kappa shape index (κ3) is 5.80. The van der Waals surface area contributed by atoms with E-state index in [1.165, 1.54) is 44.9 Å². The molecule has 2 heterocycles. The minimum Gasteiger partial charge on any atom is -0.295 e. The van der Waals surface area contributed by atoms with Crippen LogP contribution in [0.25, 0.3) is 0 Å². The molecule has 5 nitrogen and oxygen atoms in total. The van der Waals surface area contributed by atoms with Gasteiger partial charge in [0.2, 0.25) is 0 Å². The molecule has 0 aromatic carbocycles. The van der Waals surface area contributed by atoms with Gasteiger partial charge < -0.3 is 0 Å². The topological polar surface area (TPSA) is 55.8 Å². The minimum absolute atomic E-state index is 0.100. The summed E-state index contributed by atoms with van der Waals surface area (Å²) in [6.45, 7) is 2.47. The molecule has 130 valence electrons. The first kappa shape index (κ1) is 18.2. The van der Waals surface area contributed by atoms with Gasteiger partial charge in [-0.15, -0.1) is 0 Å². The summed E-state index contributed by atoms with van der Waals surface area (Å²) in [5, 5.41) is 2.02. The zero-order valence-electron chi connectivity index (χ0n) is 14.0. The van der Waals surface area contributed by atoms with E-state index in [0.717, 1.165) is 25.5 Å². The van der Waals surface area contributed by atoms with Gasteiger partial charge in [0.1, 0.15) is 0 Å². The number of unbranched alkanes of at least 4 members (excludes halogenated alkanes) is 6. The number of fused-ring (bicyclic) bond motifs is 2. The molecule has 0 amide bonds. The number of nitrogens with zero attached hydrogens (tertiary/aromatic N) is 1. The molecule has 2 fully saturated rings. The third-order valence-corrected chi connectivity index (χ3v) is 5.24. The van der Waals surface area contributed by atoms with Crippen molar-refractivity contribution >= 4 is 10.1 Å². The Labute approximate surface area is 135 Å². The summed E-state index contributed by atoms with van der Waals surface area (Å²) in [5.74, 6) is 0. The fraction of sp³-hybridized carbons (Fsp3) is 1.00. The van der Waals surface area contributed by atoms with Crippen molar-refractivity contribution in [2.75, 3.05) is 12.9 Å². The second kappa shape index (κ2) is 8.62. The zero-order chi connectivity index (χ0) is 16.0. The number of hydrogen-bond donors (Lipinski definition) is 0. The number of hydrogen-bond acceptors (Lipinski definition) is 5. The number of rotatable bonds is 11. The Balaban J connectivity index is 1.62. The van der Waals surface area contributed by atoms with E-state index in [9.17, 15) is 8.42 Å². The molecule has 0 N–H and O–H groups in total. The van der Waals surface area contributed by atoms with E-state index >= 15 is 0 Å². The maximum absolute atomic E-state index is 11.1. The van der Waals surface area contributed by atoms with Crippen molar-refractivity contribution in [1.82, 2.24) is 5.06 Å². The summed E-state index contributed by atoms with van der Waals surface area (Å²) in [6.07, 6.45) is 13.7. The molecule has 0 spiro atoms. The first-order valence-electron chi connectivity index (χ1n) is 8.79. The molecule has 4 atom stereocenters. The molecular weight excluding hydrogens is 302 g/mol. The Morgan fingerprint density at radius 1 is 1.05 bits per heavy atom. The summed E-state index contributed by atoms with van der Waals surface area (Å²) < 4.78 is 27.2. The maximum atomic E-state index is 11.1. The average molecular weight is 333 g/mol. The van der Waals surface area contributed by atoms with E-state index in [2.05, 4.69) is 6.92 Å². The second-order valence-corrected chi connectivity index (χ2v) is 8.41. The Morgan fingerprint density at radius 3 is 2.32 bits per heavy atom. The van der Waals surface area contributed by atoms with Gasteiger partial charge in [-0.1, -0.05) is 51.9 Å². The van der Waals surface area contributed by atoms with Crippen molar-refractivity contribution in [3.8, 4) is 0 Å². The fourth-order valence-electron chi connectivity index (χ4n) is 3.57. The summed E-state index contributed by atoms with van der Waals surface area (Å²) in [4.78, 5) is 5.83. The van der Waals surface area contributed by atoms with Crippen molar-refractivity contribution in [3.05, 3.63) is 0 Å². The van der Waals surface area contributed by atoms with Crippen LogP contribution in [0.5, 0.6) is 0 Å². The molecule has 2 rings (SSSR count). The first-order valence-corrected chi connectivity index (χ1v) is 10.6. The maximum Gasteiger partial charge on any atom is 0.264 e. The van der Waals surface area contributed by atoms with Crippen LogP contribution in [0.4, 0.5) is 0 Å². The molecule has 0 radical (unpaired) electrons. The zero-order valence-corrected chi connectivity index (χ0v) is 14.8. The highest BCUT2D eigenvalue weighted by molar-refractivity contribution is 7.85. The molecular formula is C16H31NO4S. The Hall–Kier alpha value is -0.170. The largest absolute Gasteiger partial charge is 0.295 e. The molecule has 6 heteroatoms. The predicted molar refractivity (Wildman–Crippen MR) is 86.9 cm³/mol. The van der Waals surface area contributed by atoms with E-state index in [1.54, 1.807) is 0 Å². The number of hydroxylamine groups is 2. The first-order chi connectivity index (χ1) is 10.5. The van der Waals surface area contributed by atoms with Gasteiger partial charge in [-0.25, -0.2) is 0 Å². The van der Waals surface area contributed by atoms with Gasteiger partial charge in [0, 0.05) is 6.04 Å². The molecule has 0 aromatic heterocycles. The molecule has 1 unspecified atom stereocenters. The molecule has 2 saturated heterocycles. The molecule has 2 aliphatic rings. The summed E-state index contributed by atoms with van der Waals surface area (Å²) in [6, 6.07) is 0.547. The summed E-state index contributed by atoms with van der Waals surface area (Å²) >= 11 is 0. The van der Waals surface area contributed by atoms with Gasteiger partial charge >= 0.3 is 0 Å². The Bertz CT molecular complexity index is 426. The van der Waals surface area contributed by atoms with Crippen LogP contribution in [0.3, 0.4) is 0 Å². The highest BCUT2D eigenvalue weighted by atomic mass is 32.2. The van der Waals surface area contributed by atoms with E-state index in [1.807, 2.05) is 5.06 Å². The van der Waals surface area contributed by atoms with Gasteiger partial charge in [-0.05, 0) is 19.3 Å². The van der Waals surface area contributed by atoms with Gasteiger partial charge in [0.05, 0.1) is 25.0 Å². The van der Waals surface area contributed by atoms with Crippen LogP contribution in [-0.4, -0.2) is 44.5 Å². The van der Waals surface area contributed by atoms with Crippen molar-refractivity contribution in [2.24, 2.45) is 0 Å². The van der Waals surface area contributed by atoms with E-state index in [-0.39, 0.29) is 18.8 Å². The smallest absolute Gasteiger partial charge is 0.264 e. The number of piperidine rings is 1. The van der Waals surface area contributed by atoms with Crippen molar-refractivity contribution < 1.29 is 17.4 Å². The lowest BCUT2D eigenvalue weighted by Gasteiger charge is -2.28. The van der Waals surface area contributed by atoms with Crippen LogP contribution in [0.2, 0.25) is 0 Å². The van der Waals surface area contributed by atoms with Crippen molar-refractivity contribution in [1.29, 1.82) is 0 Å². The van der Waals surface area contributed by atoms with Crippen LogP contribution in [-0.2, 0) is 19.1 Å². The molecule has 22 heavy (non-hydrogen) atoms. The highest BCUT2D eigenvalue weighted by Crippen LogP contribution is 2.37. The average Bonchev–Trinajstić information content (AvgIpc) is 3.03. The monoisotopic (exact) mass is 333 g/mol.